The molecular formula is C29H28N4O3. The Labute approximate surface area is 210 Å². The Kier molecular flexibility index (Phi) is 7.60. The topological polar surface area (TPSA) is 76.5 Å². The fourth-order valence-electron chi connectivity index (χ4n) is 3.75. The standard InChI is InChI=1S/C29H28N4O3/c1-4-18-32(28(35)23-8-6-5-7-9-23)20-27(34)31-29-30-26(22-12-16-25(36-3)17-13-22)19-33(29)24-14-10-21(2)11-15-24/h4-17,19H,1,18,20H2,2-3H3,(H,30,31,34). The Balaban J connectivity index is 1.61. The first-order chi connectivity index (χ1) is 17.5. The lowest BCUT2D eigenvalue weighted by Crippen LogP contribution is -2.38. The van der Waals surface area contributed by atoms with E-state index >= 15 is 0 Å². The smallest absolute Gasteiger partial charge is 0.254 e. The molecule has 4 aromatic rings. The van der Waals surface area contributed by atoms with E-state index in [4.69, 9.17) is 9.72 Å². The van der Waals surface area contributed by atoms with Gasteiger partial charge in [0.05, 0.1) is 12.8 Å². The summed E-state index contributed by atoms with van der Waals surface area (Å²) in [6.45, 7) is 5.84. The summed E-state index contributed by atoms with van der Waals surface area (Å²) in [7, 11) is 1.62. The Hall–Kier alpha value is -4.65. The van der Waals surface area contributed by atoms with Crippen molar-refractivity contribution in [1.29, 1.82) is 0 Å². The molecule has 0 saturated heterocycles. The van der Waals surface area contributed by atoms with Gasteiger partial charge in [0.25, 0.3) is 5.91 Å². The molecule has 3 aromatic carbocycles. The fraction of sp³-hybridized carbons (Fsp3) is 0.138. The first kappa shape index (κ1) is 24.5. The molecule has 1 aromatic heterocycles. The van der Waals surface area contributed by atoms with Crippen molar-refractivity contribution in [3.63, 3.8) is 0 Å². The van der Waals surface area contributed by atoms with Crippen LogP contribution in [0, 0.1) is 6.92 Å². The van der Waals surface area contributed by atoms with Crippen LogP contribution < -0.4 is 10.1 Å². The van der Waals surface area contributed by atoms with Crippen molar-refractivity contribution in [3.05, 3.63) is 109 Å². The van der Waals surface area contributed by atoms with E-state index in [2.05, 4.69) is 11.9 Å². The number of nitrogens with zero attached hydrogens (tertiary/aromatic N) is 3. The van der Waals surface area contributed by atoms with Crippen molar-refractivity contribution in [3.8, 4) is 22.7 Å². The van der Waals surface area contributed by atoms with E-state index in [1.165, 1.54) is 4.90 Å². The van der Waals surface area contributed by atoms with Crippen LogP contribution in [0.15, 0.2) is 97.7 Å². The van der Waals surface area contributed by atoms with Crippen LogP contribution in [0.2, 0.25) is 0 Å². The van der Waals surface area contributed by atoms with Gasteiger partial charge in [-0.05, 0) is 55.5 Å². The van der Waals surface area contributed by atoms with Gasteiger partial charge in [-0.25, -0.2) is 4.98 Å². The number of anilines is 1. The molecule has 1 heterocycles. The van der Waals surface area contributed by atoms with Gasteiger partial charge in [0, 0.05) is 29.6 Å². The van der Waals surface area contributed by atoms with Gasteiger partial charge in [0.1, 0.15) is 12.3 Å². The molecule has 0 aliphatic heterocycles. The van der Waals surface area contributed by atoms with E-state index in [9.17, 15) is 9.59 Å². The molecule has 0 atom stereocenters. The van der Waals surface area contributed by atoms with E-state index in [-0.39, 0.29) is 24.9 Å². The van der Waals surface area contributed by atoms with E-state index in [1.807, 2.05) is 72.3 Å². The van der Waals surface area contributed by atoms with E-state index in [0.717, 1.165) is 22.6 Å². The molecule has 2 amide bonds. The van der Waals surface area contributed by atoms with Gasteiger partial charge in [0.2, 0.25) is 11.9 Å². The number of carbonyl (C=O) groups excluding carboxylic acids is 2. The lowest BCUT2D eigenvalue weighted by atomic mass is 10.1. The second-order valence-electron chi connectivity index (χ2n) is 8.27. The van der Waals surface area contributed by atoms with Crippen molar-refractivity contribution in [2.75, 3.05) is 25.5 Å². The third-order valence-corrected chi connectivity index (χ3v) is 5.65. The molecule has 0 aliphatic carbocycles. The highest BCUT2D eigenvalue weighted by molar-refractivity contribution is 5.99. The van der Waals surface area contributed by atoms with Crippen molar-refractivity contribution in [2.45, 2.75) is 6.92 Å². The molecule has 0 saturated carbocycles. The number of carbonyl (C=O) groups is 2. The van der Waals surface area contributed by atoms with Crippen LogP contribution in [-0.2, 0) is 4.79 Å². The monoisotopic (exact) mass is 480 g/mol. The molecule has 7 heteroatoms. The number of methoxy groups -OCH3 is 1. The minimum Gasteiger partial charge on any atom is -0.497 e. The number of aromatic nitrogens is 2. The number of amides is 2. The number of nitrogens with one attached hydrogen (secondary N) is 1. The van der Waals surface area contributed by atoms with Crippen molar-refractivity contribution < 1.29 is 14.3 Å². The highest BCUT2D eigenvalue weighted by Gasteiger charge is 2.20. The largest absolute Gasteiger partial charge is 0.497 e. The average Bonchev–Trinajstić information content (AvgIpc) is 3.32. The Bertz CT molecular complexity index is 1340. The molecule has 0 bridgehead atoms. The predicted octanol–water partition coefficient (Wildman–Crippen LogP) is 5.12. The zero-order valence-corrected chi connectivity index (χ0v) is 20.3. The minimum atomic E-state index is -0.360. The van der Waals surface area contributed by atoms with Gasteiger partial charge in [-0.3, -0.25) is 19.5 Å². The predicted molar refractivity (Wildman–Crippen MR) is 141 cm³/mol. The zero-order chi connectivity index (χ0) is 25.5. The third kappa shape index (κ3) is 5.70. The molecule has 1 N–H and O–H groups in total. The van der Waals surface area contributed by atoms with Crippen LogP contribution in [0.25, 0.3) is 16.9 Å². The van der Waals surface area contributed by atoms with Gasteiger partial charge in [-0.1, -0.05) is 42.0 Å². The number of rotatable bonds is 9. The Morgan fingerprint density at radius 1 is 1.03 bits per heavy atom. The maximum atomic E-state index is 13.1. The normalized spacial score (nSPS) is 10.5. The van der Waals surface area contributed by atoms with Crippen LogP contribution in [0.1, 0.15) is 15.9 Å². The highest BCUT2D eigenvalue weighted by Crippen LogP contribution is 2.26. The quantitative estimate of drug-likeness (QED) is 0.337. The minimum absolute atomic E-state index is 0.141. The molecule has 0 spiro atoms. The molecule has 182 valence electrons. The van der Waals surface area contributed by atoms with E-state index in [1.54, 1.807) is 37.5 Å². The number of ether oxygens (including phenoxy) is 1. The Morgan fingerprint density at radius 3 is 2.36 bits per heavy atom. The summed E-state index contributed by atoms with van der Waals surface area (Å²) in [6.07, 6.45) is 3.47. The van der Waals surface area contributed by atoms with Gasteiger partial charge >= 0.3 is 0 Å². The summed E-state index contributed by atoms with van der Waals surface area (Å²) in [4.78, 5) is 32.2. The first-order valence-corrected chi connectivity index (χ1v) is 11.5. The summed E-state index contributed by atoms with van der Waals surface area (Å²) in [5, 5.41) is 2.89. The van der Waals surface area contributed by atoms with Crippen molar-refractivity contribution in [1.82, 2.24) is 14.5 Å². The van der Waals surface area contributed by atoms with Gasteiger partial charge in [-0.2, -0.15) is 0 Å². The summed E-state index contributed by atoms with van der Waals surface area (Å²) in [5.74, 6) is 0.504. The van der Waals surface area contributed by atoms with Crippen molar-refractivity contribution in [2.24, 2.45) is 0 Å². The Morgan fingerprint density at radius 2 is 1.72 bits per heavy atom. The summed E-state index contributed by atoms with van der Waals surface area (Å²) < 4.78 is 7.08. The molecule has 7 nitrogen and oxygen atoms in total. The van der Waals surface area contributed by atoms with Gasteiger partial charge < -0.3 is 9.64 Å². The summed E-state index contributed by atoms with van der Waals surface area (Å²) in [5.41, 5.74) is 4.06. The summed E-state index contributed by atoms with van der Waals surface area (Å²) in [6, 6.07) is 24.3. The lowest BCUT2D eigenvalue weighted by molar-refractivity contribution is -0.116. The lowest BCUT2D eigenvalue weighted by Gasteiger charge is -2.20. The van der Waals surface area contributed by atoms with Crippen LogP contribution >= 0.6 is 0 Å². The average molecular weight is 481 g/mol. The van der Waals surface area contributed by atoms with Crippen LogP contribution in [0.3, 0.4) is 0 Å². The third-order valence-electron chi connectivity index (χ3n) is 5.65. The SMILES string of the molecule is C=CCN(CC(=O)Nc1nc(-c2ccc(OC)cc2)cn1-c1ccc(C)cc1)C(=O)c1ccccc1. The van der Waals surface area contributed by atoms with E-state index < -0.39 is 0 Å². The molecule has 36 heavy (non-hydrogen) atoms. The molecule has 0 radical (unpaired) electrons. The maximum Gasteiger partial charge on any atom is 0.254 e. The number of imidazole rings is 1. The van der Waals surface area contributed by atoms with Gasteiger partial charge in [0.15, 0.2) is 0 Å². The number of benzene rings is 3. The number of aryl methyl sites for hydroxylation is 1. The number of hydrogen-bond acceptors (Lipinski definition) is 4. The number of hydrogen-bond donors (Lipinski definition) is 1. The molecule has 0 aliphatic rings. The second-order valence-corrected chi connectivity index (χ2v) is 8.27. The zero-order valence-electron chi connectivity index (χ0n) is 20.3. The van der Waals surface area contributed by atoms with Crippen molar-refractivity contribution >= 4 is 17.8 Å². The van der Waals surface area contributed by atoms with Crippen LogP contribution in [0.4, 0.5) is 5.95 Å². The molecule has 4 rings (SSSR count). The second kappa shape index (κ2) is 11.2. The summed E-state index contributed by atoms with van der Waals surface area (Å²) >= 11 is 0. The fourth-order valence-corrected chi connectivity index (χ4v) is 3.75. The van der Waals surface area contributed by atoms with Crippen LogP contribution in [0.5, 0.6) is 5.75 Å². The molecule has 0 unspecified atom stereocenters. The van der Waals surface area contributed by atoms with Crippen LogP contribution in [-0.4, -0.2) is 46.5 Å². The first-order valence-electron chi connectivity index (χ1n) is 11.5. The molecular weight excluding hydrogens is 452 g/mol. The van der Waals surface area contributed by atoms with Gasteiger partial charge in [-0.15, -0.1) is 6.58 Å². The maximum absolute atomic E-state index is 13.1. The van der Waals surface area contributed by atoms with E-state index in [0.29, 0.717) is 17.2 Å². The highest BCUT2D eigenvalue weighted by atomic mass is 16.5. The molecule has 0 fully saturated rings.